The molecule has 5 nitrogen and oxygen atoms in total. The molecular formula is C19H22ClN3O2S. The maximum Gasteiger partial charge on any atom is 0.251 e. The van der Waals surface area contributed by atoms with E-state index >= 15 is 0 Å². The molecule has 2 aromatic rings. The van der Waals surface area contributed by atoms with E-state index < -0.39 is 0 Å². The van der Waals surface area contributed by atoms with E-state index in [0.717, 1.165) is 66.9 Å². The second kappa shape index (κ2) is 8.05. The minimum absolute atomic E-state index is 0.164. The van der Waals surface area contributed by atoms with Crippen molar-refractivity contribution in [3.63, 3.8) is 0 Å². The highest BCUT2D eigenvalue weighted by Crippen LogP contribution is 2.30. The van der Waals surface area contributed by atoms with Crippen LogP contribution in [-0.2, 0) is 16.1 Å². The fourth-order valence-corrected chi connectivity index (χ4v) is 4.60. The molecule has 2 aliphatic heterocycles. The van der Waals surface area contributed by atoms with Crippen molar-refractivity contribution in [1.29, 1.82) is 0 Å². The predicted molar refractivity (Wildman–Crippen MR) is 103 cm³/mol. The van der Waals surface area contributed by atoms with Crippen LogP contribution in [-0.4, -0.2) is 59.6 Å². The Kier molecular flexibility index (Phi) is 5.55. The molecule has 2 aliphatic rings. The Balaban J connectivity index is 1.32. The number of halogens is 1. The molecular weight excluding hydrogens is 370 g/mol. The smallest absolute Gasteiger partial charge is 0.251 e. The van der Waals surface area contributed by atoms with Gasteiger partial charge in [-0.1, -0.05) is 29.8 Å². The Hall–Kier alpha value is -1.47. The van der Waals surface area contributed by atoms with Crippen LogP contribution in [0.1, 0.15) is 18.5 Å². The minimum atomic E-state index is -0.210. The number of amides is 1. The van der Waals surface area contributed by atoms with Crippen molar-refractivity contribution in [2.75, 3.05) is 32.8 Å². The van der Waals surface area contributed by atoms with E-state index in [1.807, 2.05) is 29.2 Å². The molecule has 4 rings (SSSR count). The van der Waals surface area contributed by atoms with Crippen molar-refractivity contribution in [3.8, 4) is 10.6 Å². The highest BCUT2D eigenvalue weighted by atomic mass is 35.5. The van der Waals surface area contributed by atoms with Crippen LogP contribution in [0.15, 0.2) is 29.6 Å². The zero-order chi connectivity index (χ0) is 17.9. The van der Waals surface area contributed by atoms with E-state index in [1.54, 1.807) is 11.3 Å². The van der Waals surface area contributed by atoms with Crippen LogP contribution in [0, 0.1) is 0 Å². The third-order valence-electron chi connectivity index (χ3n) is 4.93. The van der Waals surface area contributed by atoms with Gasteiger partial charge in [0.1, 0.15) is 11.1 Å². The molecule has 138 valence electrons. The van der Waals surface area contributed by atoms with Crippen molar-refractivity contribution in [1.82, 2.24) is 14.8 Å². The lowest BCUT2D eigenvalue weighted by Crippen LogP contribution is -2.51. The number of carbonyl (C=O) groups is 1. The molecule has 1 atom stereocenters. The summed E-state index contributed by atoms with van der Waals surface area (Å²) in [5, 5.41) is 3.79. The largest absolute Gasteiger partial charge is 0.368 e. The van der Waals surface area contributed by atoms with Gasteiger partial charge in [0.05, 0.1) is 10.7 Å². The average Bonchev–Trinajstić information content (AvgIpc) is 3.34. The van der Waals surface area contributed by atoms with Gasteiger partial charge in [0, 0.05) is 50.3 Å². The normalized spacial score (nSPS) is 21.3. The van der Waals surface area contributed by atoms with Crippen molar-refractivity contribution in [3.05, 3.63) is 40.4 Å². The van der Waals surface area contributed by atoms with E-state index in [-0.39, 0.29) is 12.0 Å². The van der Waals surface area contributed by atoms with Crippen LogP contribution in [0.25, 0.3) is 10.6 Å². The van der Waals surface area contributed by atoms with Crippen molar-refractivity contribution in [2.45, 2.75) is 25.5 Å². The summed E-state index contributed by atoms with van der Waals surface area (Å²) in [6.45, 7) is 4.80. The summed E-state index contributed by atoms with van der Waals surface area (Å²) in [5.41, 5.74) is 2.04. The van der Waals surface area contributed by atoms with Crippen molar-refractivity contribution in [2.24, 2.45) is 0 Å². The molecule has 7 heteroatoms. The molecule has 26 heavy (non-hydrogen) atoms. The number of carbonyl (C=O) groups excluding carboxylic acids is 1. The van der Waals surface area contributed by atoms with Gasteiger partial charge in [0.15, 0.2) is 0 Å². The average molecular weight is 392 g/mol. The van der Waals surface area contributed by atoms with Crippen LogP contribution in [0.4, 0.5) is 0 Å². The van der Waals surface area contributed by atoms with Crippen LogP contribution < -0.4 is 0 Å². The molecule has 2 saturated heterocycles. The van der Waals surface area contributed by atoms with Crippen LogP contribution in [0.5, 0.6) is 0 Å². The Morgan fingerprint density at radius 2 is 2.08 bits per heavy atom. The fourth-order valence-electron chi connectivity index (χ4n) is 3.47. The third-order valence-corrected chi connectivity index (χ3v) is 6.18. The Morgan fingerprint density at radius 3 is 2.81 bits per heavy atom. The Labute approximate surface area is 162 Å². The first kappa shape index (κ1) is 17.9. The molecule has 0 aliphatic carbocycles. The lowest BCUT2D eigenvalue weighted by Gasteiger charge is -2.35. The second-order valence-corrected chi connectivity index (χ2v) is 7.99. The first-order valence-electron chi connectivity index (χ1n) is 9.03. The Bertz CT molecular complexity index is 768. The summed E-state index contributed by atoms with van der Waals surface area (Å²) in [7, 11) is 0. The van der Waals surface area contributed by atoms with Gasteiger partial charge >= 0.3 is 0 Å². The number of nitrogens with zero attached hydrogens (tertiary/aromatic N) is 3. The van der Waals surface area contributed by atoms with Gasteiger partial charge in [-0.25, -0.2) is 4.98 Å². The third kappa shape index (κ3) is 3.93. The number of piperazine rings is 1. The topological polar surface area (TPSA) is 45.7 Å². The van der Waals surface area contributed by atoms with Crippen LogP contribution >= 0.6 is 22.9 Å². The number of hydrogen-bond acceptors (Lipinski definition) is 5. The first-order chi connectivity index (χ1) is 12.7. The number of benzene rings is 1. The van der Waals surface area contributed by atoms with Gasteiger partial charge in [-0.05, 0) is 18.9 Å². The van der Waals surface area contributed by atoms with Crippen molar-refractivity contribution < 1.29 is 9.53 Å². The zero-order valence-electron chi connectivity index (χ0n) is 14.6. The summed E-state index contributed by atoms with van der Waals surface area (Å²) < 4.78 is 5.52. The number of ether oxygens (including phenoxy) is 1. The molecule has 0 radical (unpaired) electrons. The number of rotatable bonds is 4. The lowest BCUT2D eigenvalue weighted by atomic mass is 10.2. The van der Waals surface area contributed by atoms with E-state index in [4.69, 9.17) is 21.3 Å². The van der Waals surface area contributed by atoms with Gasteiger partial charge in [0.25, 0.3) is 5.91 Å². The lowest BCUT2D eigenvalue weighted by molar-refractivity contribution is -0.142. The van der Waals surface area contributed by atoms with Crippen LogP contribution in [0.3, 0.4) is 0 Å². The standard InChI is InChI=1S/C19H22ClN3O2S/c20-16-5-2-1-4-15(16)18-21-14(13-26-18)12-22-7-9-23(10-8-22)19(24)17-6-3-11-25-17/h1-2,4-5,13,17H,3,6-12H2. The van der Waals surface area contributed by atoms with E-state index in [0.29, 0.717) is 6.61 Å². The van der Waals surface area contributed by atoms with E-state index in [9.17, 15) is 4.79 Å². The molecule has 1 amide bonds. The molecule has 3 heterocycles. The fraction of sp³-hybridized carbons (Fsp3) is 0.474. The zero-order valence-corrected chi connectivity index (χ0v) is 16.1. The number of thiazole rings is 1. The van der Waals surface area contributed by atoms with E-state index in [1.165, 1.54) is 0 Å². The number of hydrogen-bond donors (Lipinski definition) is 0. The monoisotopic (exact) mass is 391 g/mol. The molecule has 1 aromatic carbocycles. The van der Waals surface area contributed by atoms with Gasteiger partial charge < -0.3 is 9.64 Å². The maximum absolute atomic E-state index is 12.4. The van der Waals surface area contributed by atoms with Crippen LogP contribution in [0.2, 0.25) is 5.02 Å². The summed E-state index contributed by atoms with van der Waals surface area (Å²) >= 11 is 7.89. The molecule has 0 bridgehead atoms. The molecule has 0 saturated carbocycles. The van der Waals surface area contributed by atoms with E-state index in [2.05, 4.69) is 10.3 Å². The maximum atomic E-state index is 12.4. The summed E-state index contributed by atoms with van der Waals surface area (Å²) in [6.07, 6.45) is 1.65. The van der Waals surface area contributed by atoms with Gasteiger partial charge in [0.2, 0.25) is 0 Å². The molecule has 1 aromatic heterocycles. The molecule has 0 N–H and O–H groups in total. The second-order valence-electron chi connectivity index (χ2n) is 6.73. The molecule has 1 unspecified atom stereocenters. The SMILES string of the molecule is O=C(C1CCCO1)N1CCN(Cc2csc(-c3ccccc3Cl)n2)CC1. The summed E-state index contributed by atoms with van der Waals surface area (Å²) in [6, 6.07) is 7.80. The number of aromatic nitrogens is 1. The molecule has 2 fully saturated rings. The summed E-state index contributed by atoms with van der Waals surface area (Å²) in [4.78, 5) is 21.5. The molecule has 0 spiro atoms. The highest BCUT2D eigenvalue weighted by Gasteiger charge is 2.30. The quantitative estimate of drug-likeness (QED) is 0.802. The Morgan fingerprint density at radius 1 is 1.27 bits per heavy atom. The minimum Gasteiger partial charge on any atom is -0.368 e. The van der Waals surface area contributed by atoms with Gasteiger partial charge in [-0.2, -0.15) is 0 Å². The predicted octanol–water partition coefficient (Wildman–Crippen LogP) is 3.29. The first-order valence-corrected chi connectivity index (χ1v) is 10.3. The van der Waals surface area contributed by atoms with Crippen molar-refractivity contribution >= 4 is 28.8 Å². The van der Waals surface area contributed by atoms with Gasteiger partial charge in [-0.15, -0.1) is 11.3 Å². The highest BCUT2D eigenvalue weighted by molar-refractivity contribution is 7.13. The summed E-state index contributed by atoms with van der Waals surface area (Å²) in [5.74, 6) is 0.164. The van der Waals surface area contributed by atoms with Gasteiger partial charge in [-0.3, -0.25) is 9.69 Å².